The molecule has 0 radical (unpaired) electrons. The van der Waals surface area contributed by atoms with Crippen molar-refractivity contribution >= 4 is 5.97 Å². The minimum Gasteiger partial charge on any atom is -0.503 e. The molecule has 2 N–H and O–H groups in total. The predicted molar refractivity (Wildman–Crippen MR) is 72.8 cm³/mol. The molecule has 0 bridgehead atoms. The van der Waals surface area contributed by atoms with Crippen LogP contribution in [-0.2, 0) is 17.9 Å². The number of piperazine rings is 1. The number of aromatic hydroxyl groups is 1. The van der Waals surface area contributed by atoms with E-state index in [0.717, 1.165) is 26.2 Å². The molecule has 2 heterocycles. The smallest absolute Gasteiger partial charge is 0.323 e. The van der Waals surface area contributed by atoms with Gasteiger partial charge in [0, 0.05) is 44.5 Å². The number of carbonyl (C=O) groups is 1. The van der Waals surface area contributed by atoms with Crippen molar-refractivity contribution in [2.24, 2.45) is 0 Å². The molecular formula is C13H19N3O4. The van der Waals surface area contributed by atoms with Crippen LogP contribution in [0.5, 0.6) is 5.75 Å². The second-order valence-electron chi connectivity index (χ2n) is 5.12. The van der Waals surface area contributed by atoms with E-state index in [2.05, 4.69) is 16.8 Å². The van der Waals surface area contributed by atoms with Crippen molar-refractivity contribution < 1.29 is 15.0 Å². The first-order valence-corrected chi connectivity index (χ1v) is 6.50. The number of nitrogens with zero attached hydrogens (tertiary/aromatic N) is 3. The van der Waals surface area contributed by atoms with Gasteiger partial charge in [-0.3, -0.25) is 14.5 Å². The molecule has 1 aliphatic rings. The Morgan fingerprint density at radius 2 is 1.95 bits per heavy atom. The maximum atomic E-state index is 11.5. The number of rotatable bonds is 4. The maximum absolute atomic E-state index is 11.5. The molecule has 1 fully saturated rings. The van der Waals surface area contributed by atoms with Gasteiger partial charge in [0.05, 0.1) is 6.20 Å². The fourth-order valence-electron chi connectivity index (χ4n) is 2.27. The van der Waals surface area contributed by atoms with E-state index in [1.165, 1.54) is 16.8 Å². The number of carboxylic acid groups (broad SMARTS) is 1. The van der Waals surface area contributed by atoms with Gasteiger partial charge in [-0.2, -0.15) is 0 Å². The fraction of sp³-hybridized carbons (Fsp3) is 0.538. The molecule has 0 atom stereocenters. The molecule has 7 heteroatoms. The standard InChI is InChI=1S/C13H19N3O4/c1-14-2-4-15(5-3-14)7-10-6-11(17)12(18)8-16(10)9-13(19)20/h6,8,18H,2-5,7,9H2,1H3,(H,19,20). The van der Waals surface area contributed by atoms with Crippen molar-refractivity contribution in [2.75, 3.05) is 33.2 Å². The van der Waals surface area contributed by atoms with Crippen molar-refractivity contribution in [3.8, 4) is 5.75 Å². The molecule has 2 rings (SSSR count). The number of hydrogen-bond donors (Lipinski definition) is 2. The van der Waals surface area contributed by atoms with E-state index in [4.69, 9.17) is 5.11 Å². The van der Waals surface area contributed by atoms with Gasteiger partial charge in [-0.25, -0.2) is 0 Å². The van der Waals surface area contributed by atoms with E-state index in [-0.39, 0.29) is 6.54 Å². The minimum atomic E-state index is -1.01. The first-order chi connectivity index (χ1) is 9.45. The maximum Gasteiger partial charge on any atom is 0.323 e. The van der Waals surface area contributed by atoms with Crippen LogP contribution >= 0.6 is 0 Å². The lowest BCUT2D eigenvalue weighted by Gasteiger charge is -2.32. The van der Waals surface area contributed by atoms with Crippen LogP contribution in [0.1, 0.15) is 5.69 Å². The lowest BCUT2D eigenvalue weighted by Crippen LogP contribution is -2.44. The van der Waals surface area contributed by atoms with Gasteiger partial charge in [0.1, 0.15) is 6.54 Å². The lowest BCUT2D eigenvalue weighted by molar-refractivity contribution is -0.137. The zero-order chi connectivity index (χ0) is 14.7. The molecule has 0 amide bonds. The van der Waals surface area contributed by atoms with Crippen LogP contribution in [0.25, 0.3) is 0 Å². The third-order valence-electron chi connectivity index (χ3n) is 3.48. The van der Waals surface area contributed by atoms with Crippen LogP contribution in [0, 0.1) is 0 Å². The molecule has 1 aromatic rings. The number of aliphatic carboxylic acids is 1. The summed E-state index contributed by atoms with van der Waals surface area (Å²) in [6.45, 7) is 3.88. The fourth-order valence-corrected chi connectivity index (χ4v) is 2.27. The van der Waals surface area contributed by atoms with Gasteiger partial charge in [0.2, 0.25) is 5.43 Å². The molecule has 0 spiro atoms. The van der Waals surface area contributed by atoms with Crippen LogP contribution in [0.2, 0.25) is 0 Å². The first-order valence-electron chi connectivity index (χ1n) is 6.50. The average Bonchev–Trinajstić information content (AvgIpc) is 2.37. The quantitative estimate of drug-likeness (QED) is 0.765. The van der Waals surface area contributed by atoms with Crippen LogP contribution in [-0.4, -0.2) is 63.8 Å². The summed E-state index contributed by atoms with van der Waals surface area (Å²) < 4.78 is 1.41. The molecule has 20 heavy (non-hydrogen) atoms. The monoisotopic (exact) mass is 281 g/mol. The van der Waals surface area contributed by atoms with E-state index in [9.17, 15) is 14.7 Å². The number of likely N-dealkylation sites (N-methyl/N-ethyl adjacent to an activating group) is 1. The highest BCUT2D eigenvalue weighted by molar-refractivity contribution is 5.66. The second-order valence-corrected chi connectivity index (χ2v) is 5.12. The van der Waals surface area contributed by atoms with Gasteiger partial charge >= 0.3 is 5.97 Å². The Labute approximate surface area is 116 Å². The van der Waals surface area contributed by atoms with Gasteiger partial charge < -0.3 is 19.7 Å². The van der Waals surface area contributed by atoms with Crippen LogP contribution in [0.15, 0.2) is 17.1 Å². The molecule has 0 saturated carbocycles. The van der Waals surface area contributed by atoms with Crippen molar-refractivity contribution in [2.45, 2.75) is 13.1 Å². The number of pyridine rings is 1. The third kappa shape index (κ3) is 3.58. The molecule has 0 aliphatic carbocycles. The Hall–Kier alpha value is -1.86. The molecule has 1 aromatic heterocycles. The Kier molecular flexibility index (Phi) is 4.41. The Morgan fingerprint density at radius 1 is 1.30 bits per heavy atom. The van der Waals surface area contributed by atoms with Crippen LogP contribution in [0.3, 0.4) is 0 Å². The van der Waals surface area contributed by atoms with Crippen molar-refractivity contribution in [1.82, 2.24) is 14.4 Å². The molecule has 1 aliphatic heterocycles. The van der Waals surface area contributed by atoms with Gasteiger partial charge in [-0.05, 0) is 7.05 Å². The zero-order valence-corrected chi connectivity index (χ0v) is 11.4. The Balaban J connectivity index is 2.18. The van der Waals surface area contributed by atoms with Gasteiger partial charge in [-0.1, -0.05) is 0 Å². The third-order valence-corrected chi connectivity index (χ3v) is 3.48. The molecule has 0 aromatic carbocycles. The Morgan fingerprint density at radius 3 is 2.55 bits per heavy atom. The number of hydrogen-bond acceptors (Lipinski definition) is 5. The van der Waals surface area contributed by atoms with E-state index in [1.54, 1.807) is 0 Å². The van der Waals surface area contributed by atoms with Crippen LogP contribution < -0.4 is 5.43 Å². The minimum absolute atomic E-state index is 0.267. The summed E-state index contributed by atoms with van der Waals surface area (Å²) >= 11 is 0. The second kappa shape index (κ2) is 6.06. The van der Waals surface area contributed by atoms with Gasteiger partial charge in [-0.15, -0.1) is 0 Å². The van der Waals surface area contributed by atoms with Gasteiger partial charge in [0.15, 0.2) is 5.75 Å². The van der Waals surface area contributed by atoms with Crippen molar-refractivity contribution in [3.63, 3.8) is 0 Å². The molecule has 7 nitrogen and oxygen atoms in total. The van der Waals surface area contributed by atoms with Crippen molar-refractivity contribution in [1.29, 1.82) is 0 Å². The lowest BCUT2D eigenvalue weighted by atomic mass is 10.2. The van der Waals surface area contributed by atoms with Crippen molar-refractivity contribution in [3.05, 3.63) is 28.2 Å². The largest absolute Gasteiger partial charge is 0.503 e. The molecule has 110 valence electrons. The topological polar surface area (TPSA) is 86.0 Å². The summed E-state index contributed by atoms with van der Waals surface area (Å²) in [5.41, 5.74) is 0.135. The molecule has 0 unspecified atom stereocenters. The van der Waals surface area contributed by atoms with E-state index in [0.29, 0.717) is 12.2 Å². The average molecular weight is 281 g/mol. The van der Waals surface area contributed by atoms with Gasteiger partial charge in [0.25, 0.3) is 0 Å². The molecular weight excluding hydrogens is 262 g/mol. The zero-order valence-electron chi connectivity index (χ0n) is 11.4. The highest BCUT2D eigenvalue weighted by Gasteiger charge is 2.16. The highest BCUT2D eigenvalue weighted by Crippen LogP contribution is 2.10. The predicted octanol–water partition coefficient (Wildman–Crippen LogP) is -0.614. The van der Waals surface area contributed by atoms with Crippen LogP contribution in [0.4, 0.5) is 0 Å². The number of carboxylic acids is 1. The summed E-state index contributed by atoms with van der Waals surface area (Å²) in [6, 6.07) is 1.32. The normalized spacial score (nSPS) is 17.2. The summed E-state index contributed by atoms with van der Waals surface area (Å²) in [5.74, 6) is -1.43. The van der Waals surface area contributed by atoms with E-state index in [1.807, 2.05) is 0 Å². The summed E-state index contributed by atoms with van der Waals surface area (Å²) in [5, 5.41) is 18.3. The summed E-state index contributed by atoms with van der Waals surface area (Å²) in [4.78, 5) is 26.8. The Bertz CT molecular complexity index is 547. The summed E-state index contributed by atoms with van der Waals surface area (Å²) in [6.07, 6.45) is 1.20. The van der Waals surface area contributed by atoms with E-state index >= 15 is 0 Å². The SMILES string of the molecule is CN1CCN(Cc2cc(=O)c(O)cn2CC(=O)O)CC1. The summed E-state index contributed by atoms with van der Waals surface area (Å²) in [7, 11) is 2.05. The molecule has 1 saturated heterocycles. The highest BCUT2D eigenvalue weighted by atomic mass is 16.4. The first kappa shape index (κ1) is 14.5. The number of aromatic nitrogens is 1. The van der Waals surface area contributed by atoms with E-state index < -0.39 is 17.1 Å².